The van der Waals surface area contributed by atoms with Gasteiger partial charge >= 0.3 is 0 Å². The van der Waals surface area contributed by atoms with Gasteiger partial charge in [-0.15, -0.1) is 0 Å². The Morgan fingerprint density at radius 1 is 0.891 bits per heavy atom. The molecule has 7 nitrogen and oxygen atoms in total. The second-order valence-corrected chi connectivity index (χ2v) is 14.6. The second kappa shape index (κ2) is 15.8. The average Bonchev–Trinajstić information content (AvgIpc) is 3.03. The van der Waals surface area contributed by atoms with Gasteiger partial charge in [0.05, 0.1) is 10.6 Å². The maximum absolute atomic E-state index is 14.6. The van der Waals surface area contributed by atoms with Crippen molar-refractivity contribution in [2.75, 3.05) is 10.8 Å². The monoisotopic (exact) mass is 723 g/mol. The highest BCUT2D eigenvalue weighted by atomic mass is 79.9. The molecule has 46 heavy (non-hydrogen) atoms. The number of carbonyl (C=O) groups excluding carboxylic acids is 2. The number of nitrogens with zero attached hydrogens (tertiary/aromatic N) is 2. The van der Waals surface area contributed by atoms with E-state index in [0.29, 0.717) is 17.0 Å². The zero-order valence-corrected chi connectivity index (χ0v) is 29.6. The lowest BCUT2D eigenvalue weighted by Crippen LogP contribution is -2.54. The number of halogens is 2. The SMILES string of the molecule is CC[C@H](C)NC(=O)[C@@H](Cc1ccccc1)N(Cc1cccc(Br)c1)C(=O)CN(c1cc(Cl)ccc1C)S(=O)(=O)c1ccc(C)cc1. The molecule has 0 heterocycles. The summed E-state index contributed by atoms with van der Waals surface area (Å²) in [6.45, 7) is 7.06. The first kappa shape index (κ1) is 35.2. The van der Waals surface area contributed by atoms with E-state index in [4.69, 9.17) is 11.6 Å². The third-order valence-corrected chi connectivity index (χ3v) is 10.3. The Hall–Kier alpha value is -3.66. The Morgan fingerprint density at radius 3 is 2.22 bits per heavy atom. The van der Waals surface area contributed by atoms with E-state index in [-0.39, 0.29) is 35.5 Å². The van der Waals surface area contributed by atoms with Crippen molar-refractivity contribution in [3.05, 3.63) is 129 Å². The van der Waals surface area contributed by atoms with Crippen LogP contribution < -0.4 is 9.62 Å². The number of hydrogen-bond acceptors (Lipinski definition) is 4. The van der Waals surface area contributed by atoms with Crippen LogP contribution in [0.15, 0.2) is 106 Å². The molecule has 10 heteroatoms. The molecule has 0 fully saturated rings. The summed E-state index contributed by atoms with van der Waals surface area (Å²) < 4.78 is 30.5. The Morgan fingerprint density at radius 2 is 1.57 bits per heavy atom. The van der Waals surface area contributed by atoms with E-state index in [1.807, 2.05) is 75.4 Å². The topological polar surface area (TPSA) is 86.8 Å². The molecule has 0 spiro atoms. The molecule has 4 aromatic carbocycles. The van der Waals surface area contributed by atoms with E-state index in [1.54, 1.807) is 37.3 Å². The summed E-state index contributed by atoms with van der Waals surface area (Å²) in [6.07, 6.45) is 0.948. The van der Waals surface area contributed by atoms with Crippen molar-refractivity contribution in [2.45, 2.75) is 64.1 Å². The maximum atomic E-state index is 14.6. The first-order valence-corrected chi connectivity index (χ1v) is 17.7. The number of rotatable bonds is 13. The van der Waals surface area contributed by atoms with Crippen molar-refractivity contribution in [3.8, 4) is 0 Å². The Bertz CT molecular complexity index is 1770. The molecule has 1 N–H and O–H groups in total. The molecule has 4 aromatic rings. The Labute approximate surface area is 285 Å². The van der Waals surface area contributed by atoms with Crippen LogP contribution in [0.5, 0.6) is 0 Å². The molecule has 0 aliphatic rings. The number of carbonyl (C=O) groups is 2. The number of benzene rings is 4. The average molecular weight is 725 g/mol. The summed E-state index contributed by atoms with van der Waals surface area (Å²) >= 11 is 9.88. The highest BCUT2D eigenvalue weighted by Gasteiger charge is 2.35. The van der Waals surface area contributed by atoms with Crippen LogP contribution in [0.25, 0.3) is 0 Å². The summed E-state index contributed by atoms with van der Waals surface area (Å²) in [5, 5.41) is 3.39. The van der Waals surface area contributed by atoms with Crippen LogP contribution in [0.4, 0.5) is 5.69 Å². The van der Waals surface area contributed by atoms with Gasteiger partial charge in [-0.3, -0.25) is 13.9 Å². The molecule has 0 radical (unpaired) electrons. The number of anilines is 1. The molecule has 0 saturated heterocycles. The van der Waals surface area contributed by atoms with Crippen molar-refractivity contribution >= 4 is 55.1 Å². The lowest BCUT2D eigenvalue weighted by Gasteiger charge is -2.34. The fourth-order valence-corrected chi connectivity index (χ4v) is 7.11. The van der Waals surface area contributed by atoms with Gasteiger partial charge < -0.3 is 10.2 Å². The molecule has 0 bridgehead atoms. The van der Waals surface area contributed by atoms with E-state index < -0.39 is 28.5 Å². The largest absolute Gasteiger partial charge is 0.352 e. The summed E-state index contributed by atoms with van der Waals surface area (Å²) in [4.78, 5) is 30.1. The standard InChI is InChI=1S/C36H39BrClN3O4S/c1-5-27(4)39-36(43)34(21-28-10-7-6-8-11-28)40(23-29-12-9-13-30(37)20-29)35(42)24-41(33-22-31(38)17-16-26(33)3)46(44,45)32-18-14-25(2)15-19-32/h6-20,22,27,34H,5,21,23-24H2,1-4H3,(H,39,43)/t27-,34+/m0/s1. The maximum Gasteiger partial charge on any atom is 0.264 e. The molecule has 2 amide bonds. The third kappa shape index (κ3) is 8.99. The fourth-order valence-electron chi connectivity index (χ4n) is 5.03. The normalized spacial score (nSPS) is 12.7. The lowest BCUT2D eigenvalue weighted by molar-refractivity contribution is -0.140. The summed E-state index contributed by atoms with van der Waals surface area (Å²) in [7, 11) is -4.23. The second-order valence-electron chi connectivity index (χ2n) is 11.4. The first-order chi connectivity index (χ1) is 21.9. The molecular formula is C36H39BrClN3O4S. The molecule has 0 unspecified atom stereocenters. The zero-order chi connectivity index (χ0) is 33.4. The molecule has 0 aliphatic heterocycles. The van der Waals surface area contributed by atoms with Crippen LogP contribution in [0, 0.1) is 13.8 Å². The third-order valence-electron chi connectivity index (χ3n) is 7.84. The van der Waals surface area contributed by atoms with Crippen molar-refractivity contribution in [2.24, 2.45) is 0 Å². The van der Waals surface area contributed by atoms with Crippen LogP contribution in [0.1, 0.15) is 42.5 Å². The van der Waals surface area contributed by atoms with E-state index in [9.17, 15) is 18.0 Å². The zero-order valence-electron chi connectivity index (χ0n) is 26.4. The first-order valence-electron chi connectivity index (χ1n) is 15.1. The quantitative estimate of drug-likeness (QED) is 0.155. The van der Waals surface area contributed by atoms with Gasteiger partial charge in [-0.1, -0.05) is 101 Å². The summed E-state index contributed by atoms with van der Waals surface area (Å²) in [5.74, 6) is -0.844. The highest BCUT2D eigenvalue weighted by molar-refractivity contribution is 9.10. The van der Waals surface area contributed by atoms with Crippen LogP contribution in [0.3, 0.4) is 0 Å². The number of sulfonamides is 1. The lowest BCUT2D eigenvalue weighted by atomic mass is 10.0. The van der Waals surface area contributed by atoms with Gasteiger partial charge in [-0.2, -0.15) is 0 Å². The molecule has 2 atom stereocenters. The minimum Gasteiger partial charge on any atom is -0.352 e. The van der Waals surface area contributed by atoms with Gasteiger partial charge in [-0.25, -0.2) is 8.42 Å². The van der Waals surface area contributed by atoms with Crippen molar-refractivity contribution < 1.29 is 18.0 Å². The summed E-state index contributed by atoms with van der Waals surface area (Å²) in [6, 6.07) is 27.4. The summed E-state index contributed by atoms with van der Waals surface area (Å²) in [5.41, 5.74) is 3.46. The van der Waals surface area contributed by atoms with Crippen LogP contribution >= 0.6 is 27.5 Å². The van der Waals surface area contributed by atoms with E-state index in [2.05, 4.69) is 21.2 Å². The number of aryl methyl sites for hydroxylation is 2. The number of nitrogens with one attached hydrogen (secondary N) is 1. The molecule has 4 rings (SSSR count). The van der Waals surface area contributed by atoms with E-state index >= 15 is 0 Å². The molecule has 242 valence electrons. The predicted molar refractivity (Wildman–Crippen MR) is 188 cm³/mol. The van der Waals surface area contributed by atoms with Gasteiger partial charge in [0.15, 0.2) is 0 Å². The van der Waals surface area contributed by atoms with Gasteiger partial charge in [0, 0.05) is 28.5 Å². The molecule has 0 aliphatic carbocycles. The van der Waals surface area contributed by atoms with Gasteiger partial charge in [0.1, 0.15) is 12.6 Å². The van der Waals surface area contributed by atoms with Gasteiger partial charge in [0.2, 0.25) is 11.8 Å². The Balaban J connectivity index is 1.84. The van der Waals surface area contributed by atoms with Crippen molar-refractivity contribution in [1.29, 1.82) is 0 Å². The van der Waals surface area contributed by atoms with Crippen molar-refractivity contribution in [1.82, 2.24) is 10.2 Å². The highest BCUT2D eigenvalue weighted by Crippen LogP contribution is 2.30. The molecule has 0 aromatic heterocycles. The predicted octanol–water partition coefficient (Wildman–Crippen LogP) is 7.47. The minimum atomic E-state index is -4.23. The van der Waals surface area contributed by atoms with E-state index in [1.165, 1.54) is 17.0 Å². The minimum absolute atomic E-state index is 0.0409. The molecular weight excluding hydrogens is 686 g/mol. The van der Waals surface area contributed by atoms with Crippen molar-refractivity contribution in [3.63, 3.8) is 0 Å². The molecule has 0 saturated carbocycles. The van der Waals surface area contributed by atoms with Crippen LogP contribution in [0.2, 0.25) is 5.02 Å². The smallest absolute Gasteiger partial charge is 0.264 e. The van der Waals surface area contributed by atoms with Gasteiger partial charge in [0.25, 0.3) is 10.0 Å². The Kier molecular flexibility index (Phi) is 12.1. The van der Waals surface area contributed by atoms with Crippen LogP contribution in [-0.4, -0.2) is 43.8 Å². The van der Waals surface area contributed by atoms with Crippen LogP contribution in [-0.2, 0) is 32.6 Å². The van der Waals surface area contributed by atoms with E-state index in [0.717, 1.165) is 25.5 Å². The number of hydrogen-bond donors (Lipinski definition) is 1. The number of amides is 2. The fraction of sp³-hybridized carbons (Fsp3) is 0.278. The van der Waals surface area contributed by atoms with Gasteiger partial charge in [-0.05, 0) is 80.3 Å².